The summed E-state index contributed by atoms with van der Waals surface area (Å²) >= 11 is 5.84. The first-order valence-corrected chi connectivity index (χ1v) is 9.58. The number of nitrogens with zero attached hydrogens (tertiary/aromatic N) is 1. The van der Waals surface area contributed by atoms with Gasteiger partial charge in [-0.05, 0) is 49.4 Å². The van der Waals surface area contributed by atoms with E-state index >= 15 is 0 Å². The molecule has 0 bridgehead atoms. The maximum Gasteiger partial charge on any atom is 0.343 e. The van der Waals surface area contributed by atoms with Crippen molar-refractivity contribution in [3.8, 4) is 5.75 Å². The molecule has 0 heterocycles. The fourth-order valence-corrected chi connectivity index (χ4v) is 2.68. The van der Waals surface area contributed by atoms with E-state index in [2.05, 4.69) is 15.8 Å². The predicted molar refractivity (Wildman–Crippen MR) is 118 cm³/mol. The van der Waals surface area contributed by atoms with Crippen LogP contribution in [0.3, 0.4) is 0 Å². The lowest BCUT2D eigenvalue weighted by Crippen LogP contribution is -2.32. The number of nitrogens with one attached hydrogen (secondary N) is 2. The number of rotatable bonds is 5. The molecule has 0 spiro atoms. The Morgan fingerprint density at radius 3 is 2.42 bits per heavy atom. The van der Waals surface area contributed by atoms with Crippen LogP contribution in [-0.2, 0) is 9.59 Å². The first-order valence-electron chi connectivity index (χ1n) is 9.20. The fraction of sp³-hybridized carbons (Fsp3) is 0.0435. The van der Waals surface area contributed by atoms with Crippen LogP contribution in [-0.4, -0.2) is 24.0 Å². The first kappa shape index (κ1) is 21.7. The van der Waals surface area contributed by atoms with Gasteiger partial charge in [-0.15, -0.1) is 0 Å². The highest BCUT2D eigenvalue weighted by Gasteiger charge is 2.14. The summed E-state index contributed by atoms with van der Waals surface area (Å²) in [5.74, 6) is -2.14. The van der Waals surface area contributed by atoms with E-state index < -0.39 is 17.8 Å². The summed E-state index contributed by atoms with van der Waals surface area (Å²) in [6.45, 7) is 1.92. The second-order valence-electron chi connectivity index (χ2n) is 6.46. The summed E-state index contributed by atoms with van der Waals surface area (Å²) in [5.41, 5.74) is 4.38. The molecular weight excluding hydrogens is 418 g/mol. The highest BCUT2D eigenvalue weighted by Crippen LogP contribution is 2.18. The van der Waals surface area contributed by atoms with Crippen LogP contribution < -0.4 is 15.5 Å². The van der Waals surface area contributed by atoms with Gasteiger partial charge >= 0.3 is 17.8 Å². The van der Waals surface area contributed by atoms with E-state index in [1.54, 1.807) is 54.6 Å². The third-order valence-corrected chi connectivity index (χ3v) is 4.30. The minimum Gasteiger partial charge on any atom is -0.422 e. The Balaban J connectivity index is 1.62. The average Bonchev–Trinajstić information content (AvgIpc) is 2.75. The number of aryl methyl sites for hydroxylation is 1. The van der Waals surface area contributed by atoms with Gasteiger partial charge in [-0.1, -0.05) is 47.5 Å². The molecule has 8 heteroatoms. The number of benzene rings is 3. The Bertz CT molecular complexity index is 1140. The lowest BCUT2D eigenvalue weighted by molar-refractivity contribution is -0.136. The molecule has 7 nitrogen and oxygen atoms in total. The van der Waals surface area contributed by atoms with Crippen LogP contribution in [0.25, 0.3) is 0 Å². The van der Waals surface area contributed by atoms with Gasteiger partial charge in [0.1, 0.15) is 5.75 Å². The molecule has 0 saturated carbocycles. The molecule has 156 valence electrons. The van der Waals surface area contributed by atoms with E-state index in [4.69, 9.17) is 16.3 Å². The Hall–Kier alpha value is -3.97. The van der Waals surface area contributed by atoms with Gasteiger partial charge in [0.25, 0.3) is 0 Å². The molecule has 0 aliphatic carbocycles. The van der Waals surface area contributed by atoms with Crippen LogP contribution in [0.4, 0.5) is 5.69 Å². The topological polar surface area (TPSA) is 96.9 Å². The number of hydrogen-bond donors (Lipinski definition) is 2. The van der Waals surface area contributed by atoms with E-state index in [9.17, 15) is 14.4 Å². The molecule has 3 aromatic carbocycles. The van der Waals surface area contributed by atoms with Gasteiger partial charge in [0.05, 0.1) is 11.8 Å². The lowest BCUT2D eigenvalue weighted by Gasteiger charge is -2.07. The number of amides is 2. The van der Waals surface area contributed by atoms with E-state index in [0.717, 1.165) is 5.56 Å². The number of anilines is 1. The summed E-state index contributed by atoms with van der Waals surface area (Å²) in [6, 6.07) is 20.0. The van der Waals surface area contributed by atoms with E-state index in [0.29, 0.717) is 21.8 Å². The standard InChI is InChI=1S/C23H18ClN3O4/c1-15-9-11-16(12-10-15)23(30)31-20-8-3-2-5-17(20)14-25-27-22(29)21(28)26-19-7-4-6-18(24)13-19/h2-14H,1H3,(H,26,28)(H,27,29). The van der Waals surface area contributed by atoms with Crippen molar-refractivity contribution in [2.75, 3.05) is 5.32 Å². The van der Waals surface area contributed by atoms with Crippen molar-refractivity contribution < 1.29 is 19.1 Å². The monoisotopic (exact) mass is 435 g/mol. The number of hydrazone groups is 1. The van der Waals surface area contributed by atoms with Crippen molar-refractivity contribution in [3.05, 3.63) is 94.5 Å². The molecule has 3 aromatic rings. The summed E-state index contributed by atoms with van der Waals surface area (Å²) in [7, 11) is 0. The number of para-hydroxylation sites is 1. The Morgan fingerprint density at radius 2 is 1.68 bits per heavy atom. The highest BCUT2D eigenvalue weighted by molar-refractivity contribution is 6.39. The van der Waals surface area contributed by atoms with Gasteiger partial charge in [0.15, 0.2) is 0 Å². The van der Waals surface area contributed by atoms with Gasteiger partial charge in [0, 0.05) is 16.3 Å². The van der Waals surface area contributed by atoms with Crippen LogP contribution in [0.5, 0.6) is 5.75 Å². The molecule has 2 amide bonds. The molecule has 0 saturated heterocycles. The van der Waals surface area contributed by atoms with Gasteiger partial charge in [-0.2, -0.15) is 5.10 Å². The largest absolute Gasteiger partial charge is 0.422 e. The summed E-state index contributed by atoms with van der Waals surface area (Å²) < 4.78 is 5.43. The van der Waals surface area contributed by atoms with Gasteiger partial charge < -0.3 is 10.1 Å². The van der Waals surface area contributed by atoms with E-state index in [1.807, 2.05) is 19.1 Å². The third-order valence-electron chi connectivity index (χ3n) is 4.07. The summed E-state index contributed by atoms with van der Waals surface area (Å²) in [6.07, 6.45) is 1.28. The van der Waals surface area contributed by atoms with Crippen molar-refractivity contribution in [2.45, 2.75) is 6.92 Å². The molecule has 3 rings (SSSR count). The second kappa shape index (κ2) is 10.2. The van der Waals surface area contributed by atoms with Crippen LogP contribution in [0, 0.1) is 6.92 Å². The maximum absolute atomic E-state index is 12.3. The molecule has 0 unspecified atom stereocenters. The van der Waals surface area contributed by atoms with Crippen molar-refractivity contribution in [3.63, 3.8) is 0 Å². The van der Waals surface area contributed by atoms with Gasteiger partial charge in [-0.25, -0.2) is 10.2 Å². The van der Waals surface area contributed by atoms with E-state index in [-0.39, 0.29) is 5.75 Å². The summed E-state index contributed by atoms with van der Waals surface area (Å²) in [5, 5.41) is 6.61. The second-order valence-corrected chi connectivity index (χ2v) is 6.89. The number of esters is 1. The van der Waals surface area contributed by atoms with Crippen molar-refractivity contribution in [1.29, 1.82) is 0 Å². The first-order chi connectivity index (χ1) is 14.9. The predicted octanol–water partition coefficient (Wildman–Crippen LogP) is 3.96. The molecule has 31 heavy (non-hydrogen) atoms. The molecule has 0 aliphatic heterocycles. The minimum absolute atomic E-state index is 0.259. The molecule has 0 fully saturated rings. The average molecular weight is 436 g/mol. The van der Waals surface area contributed by atoms with Crippen LogP contribution in [0.2, 0.25) is 5.02 Å². The zero-order valence-electron chi connectivity index (χ0n) is 16.5. The maximum atomic E-state index is 12.3. The zero-order valence-corrected chi connectivity index (χ0v) is 17.2. The highest BCUT2D eigenvalue weighted by atomic mass is 35.5. The Morgan fingerprint density at radius 1 is 0.935 bits per heavy atom. The van der Waals surface area contributed by atoms with Gasteiger partial charge in [0.2, 0.25) is 0 Å². The Labute approximate surface area is 183 Å². The molecule has 0 atom stereocenters. The smallest absolute Gasteiger partial charge is 0.343 e. The quantitative estimate of drug-likeness (QED) is 0.208. The molecule has 0 aliphatic rings. The SMILES string of the molecule is Cc1ccc(C(=O)Oc2ccccc2C=NNC(=O)C(=O)Nc2cccc(Cl)c2)cc1. The van der Waals surface area contributed by atoms with Crippen molar-refractivity contribution in [2.24, 2.45) is 5.10 Å². The number of hydrogen-bond acceptors (Lipinski definition) is 5. The van der Waals surface area contributed by atoms with Crippen LogP contribution in [0.1, 0.15) is 21.5 Å². The normalized spacial score (nSPS) is 10.5. The third kappa shape index (κ3) is 6.25. The number of carbonyl (C=O) groups excluding carboxylic acids is 3. The Kier molecular flexibility index (Phi) is 7.13. The zero-order chi connectivity index (χ0) is 22.2. The lowest BCUT2D eigenvalue weighted by atomic mass is 10.1. The minimum atomic E-state index is -0.967. The molecule has 0 radical (unpaired) electrons. The molecule has 0 aromatic heterocycles. The van der Waals surface area contributed by atoms with Gasteiger partial charge in [-0.3, -0.25) is 9.59 Å². The van der Waals surface area contributed by atoms with Crippen molar-refractivity contribution in [1.82, 2.24) is 5.43 Å². The molecular formula is C23H18ClN3O4. The van der Waals surface area contributed by atoms with Crippen LogP contribution in [0.15, 0.2) is 77.9 Å². The van der Waals surface area contributed by atoms with Crippen LogP contribution >= 0.6 is 11.6 Å². The fourth-order valence-electron chi connectivity index (χ4n) is 2.49. The van der Waals surface area contributed by atoms with Crippen molar-refractivity contribution >= 4 is 41.3 Å². The van der Waals surface area contributed by atoms with E-state index in [1.165, 1.54) is 12.3 Å². The molecule has 2 N–H and O–H groups in total. The number of ether oxygens (including phenoxy) is 1. The number of carbonyl (C=O) groups is 3. The number of halogens is 1. The summed E-state index contributed by atoms with van der Waals surface area (Å²) in [4.78, 5) is 36.2.